The number of nitriles is 1. The number of methoxy groups -OCH3 is 1. The van der Waals surface area contributed by atoms with Gasteiger partial charge in [0.05, 0.1) is 12.7 Å². The standard InChI is InChI=1S/C21H17N3O2S/c1-26-18-8-5-15(6-9-18)14-27-19-4-2-3-17(11-19)21(25)24-20-10-7-16(12-22)13-23-20/h2-11,13H,14H2,1H3,(H,23,24,25). The number of anilines is 1. The fourth-order valence-corrected chi connectivity index (χ4v) is 3.25. The third-order valence-corrected chi connectivity index (χ3v) is 4.86. The second-order valence-corrected chi connectivity index (χ2v) is 6.71. The number of benzene rings is 2. The summed E-state index contributed by atoms with van der Waals surface area (Å²) in [6.45, 7) is 0. The molecule has 0 radical (unpaired) electrons. The van der Waals surface area contributed by atoms with Gasteiger partial charge in [0.1, 0.15) is 17.6 Å². The summed E-state index contributed by atoms with van der Waals surface area (Å²) in [5.74, 6) is 1.81. The maximum Gasteiger partial charge on any atom is 0.256 e. The first-order chi connectivity index (χ1) is 13.2. The van der Waals surface area contributed by atoms with Crippen molar-refractivity contribution in [2.24, 2.45) is 0 Å². The van der Waals surface area contributed by atoms with Crippen molar-refractivity contribution >= 4 is 23.5 Å². The van der Waals surface area contributed by atoms with Crippen LogP contribution < -0.4 is 10.1 Å². The summed E-state index contributed by atoms with van der Waals surface area (Å²) < 4.78 is 5.16. The van der Waals surface area contributed by atoms with Crippen molar-refractivity contribution in [1.29, 1.82) is 5.26 Å². The van der Waals surface area contributed by atoms with Gasteiger partial charge in [-0.3, -0.25) is 4.79 Å². The van der Waals surface area contributed by atoms with E-state index in [4.69, 9.17) is 10.00 Å². The Morgan fingerprint density at radius 1 is 1.19 bits per heavy atom. The number of nitrogens with zero attached hydrogens (tertiary/aromatic N) is 2. The molecule has 0 spiro atoms. The van der Waals surface area contributed by atoms with E-state index in [0.717, 1.165) is 16.4 Å². The fourth-order valence-electron chi connectivity index (χ4n) is 2.34. The number of hydrogen-bond acceptors (Lipinski definition) is 5. The van der Waals surface area contributed by atoms with Gasteiger partial charge in [-0.1, -0.05) is 18.2 Å². The number of carbonyl (C=O) groups excluding carboxylic acids is 1. The van der Waals surface area contributed by atoms with Gasteiger partial charge in [-0.15, -0.1) is 11.8 Å². The molecule has 0 fully saturated rings. The van der Waals surface area contributed by atoms with E-state index in [-0.39, 0.29) is 5.91 Å². The van der Waals surface area contributed by atoms with Crippen molar-refractivity contribution in [3.05, 3.63) is 83.6 Å². The molecule has 2 aromatic carbocycles. The average molecular weight is 375 g/mol. The highest BCUT2D eigenvalue weighted by atomic mass is 32.2. The van der Waals surface area contributed by atoms with Crippen LogP contribution in [-0.4, -0.2) is 18.0 Å². The highest BCUT2D eigenvalue weighted by Crippen LogP contribution is 2.25. The van der Waals surface area contributed by atoms with Gasteiger partial charge in [0.2, 0.25) is 0 Å². The summed E-state index contributed by atoms with van der Waals surface area (Å²) in [4.78, 5) is 17.5. The van der Waals surface area contributed by atoms with Gasteiger partial charge < -0.3 is 10.1 Å². The van der Waals surface area contributed by atoms with Crippen LogP contribution in [0.1, 0.15) is 21.5 Å². The molecule has 134 valence electrons. The van der Waals surface area contributed by atoms with Crippen molar-refractivity contribution in [3.8, 4) is 11.8 Å². The monoisotopic (exact) mass is 375 g/mol. The SMILES string of the molecule is COc1ccc(CSc2cccc(C(=O)Nc3ccc(C#N)cn3)c2)cc1. The molecule has 0 aliphatic carbocycles. The largest absolute Gasteiger partial charge is 0.497 e. The smallest absolute Gasteiger partial charge is 0.256 e. The van der Waals surface area contributed by atoms with Crippen molar-refractivity contribution in [3.63, 3.8) is 0 Å². The van der Waals surface area contributed by atoms with Crippen LogP contribution in [0.25, 0.3) is 0 Å². The highest BCUT2D eigenvalue weighted by Gasteiger charge is 2.08. The molecule has 1 aromatic heterocycles. The average Bonchev–Trinajstić information content (AvgIpc) is 2.73. The molecule has 1 amide bonds. The van der Waals surface area contributed by atoms with Crippen molar-refractivity contribution in [1.82, 2.24) is 4.98 Å². The maximum absolute atomic E-state index is 12.4. The Hall–Kier alpha value is -3.30. The second-order valence-electron chi connectivity index (χ2n) is 5.66. The molecular formula is C21H17N3O2S. The highest BCUT2D eigenvalue weighted by molar-refractivity contribution is 7.98. The van der Waals surface area contributed by atoms with Gasteiger partial charge in [-0.25, -0.2) is 4.98 Å². The molecule has 0 saturated heterocycles. The number of thioether (sulfide) groups is 1. The third kappa shape index (κ3) is 5.09. The van der Waals surface area contributed by atoms with Crippen LogP contribution in [0.5, 0.6) is 5.75 Å². The number of aromatic nitrogens is 1. The van der Waals surface area contributed by atoms with E-state index in [0.29, 0.717) is 16.9 Å². The molecule has 6 heteroatoms. The minimum Gasteiger partial charge on any atom is -0.497 e. The Morgan fingerprint density at radius 2 is 2.00 bits per heavy atom. The summed E-state index contributed by atoms with van der Waals surface area (Å²) in [5, 5.41) is 11.5. The van der Waals surface area contributed by atoms with E-state index in [2.05, 4.69) is 10.3 Å². The minimum absolute atomic E-state index is 0.237. The number of rotatable bonds is 6. The number of hydrogen-bond donors (Lipinski definition) is 1. The molecule has 1 heterocycles. The zero-order valence-corrected chi connectivity index (χ0v) is 15.5. The predicted octanol–water partition coefficient (Wildman–Crippen LogP) is 4.51. The summed E-state index contributed by atoms with van der Waals surface area (Å²) in [6, 6.07) is 20.6. The summed E-state index contributed by atoms with van der Waals surface area (Å²) in [5.41, 5.74) is 2.18. The van der Waals surface area contributed by atoms with Gasteiger partial charge >= 0.3 is 0 Å². The summed E-state index contributed by atoms with van der Waals surface area (Å²) in [6.07, 6.45) is 1.43. The first-order valence-corrected chi connectivity index (χ1v) is 9.20. The lowest BCUT2D eigenvalue weighted by molar-refractivity contribution is 0.102. The van der Waals surface area contributed by atoms with Gasteiger partial charge in [-0.2, -0.15) is 5.26 Å². The van der Waals surface area contributed by atoms with E-state index in [9.17, 15) is 4.79 Å². The molecule has 3 aromatic rings. The molecule has 0 saturated carbocycles. The predicted molar refractivity (Wildman–Crippen MR) is 106 cm³/mol. The van der Waals surface area contributed by atoms with Crippen molar-refractivity contribution < 1.29 is 9.53 Å². The zero-order valence-electron chi connectivity index (χ0n) is 14.7. The van der Waals surface area contributed by atoms with E-state index in [1.807, 2.05) is 48.5 Å². The Labute approximate surface area is 162 Å². The van der Waals surface area contributed by atoms with Crippen LogP contribution in [0.3, 0.4) is 0 Å². The molecule has 5 nitrogen and oxygen atoms in total. The maximum atomic E-state index is 12.4. The molecule has 0 bridgehead atoms. The third-order valence-electron chi connectivity index (χ3n) is 3.79. The lowest BCUT2D eigenvalue weighted by atomic mass is 10.2. The number of carbonyl (C=O) groups is 1. The number of ether oxygens (including phenoxy) is 1. The number of amides is 1. The van der Waals surface area contributed by atoms with Crippen LogP contribution in [0.15, 0.2) is 71.8 Å². The lowest BCUT2D eigenvalue weighted by Crippen LogP contribution is -2.12. The summed E-state index contributed by atoms with van der Waals surface area (Å²) >= 11 is 1.66. The van der Waals surface area contributed by atoms with Gasteiger partial charge in [0, 0.05) is 22.4 Å². The topological polar surface area (TPSA) is 75.0 Å². The van der Waals surface area contributed by atoms with E-state index >= 15 is 0 Å². The van der Waals surface area contributed by atoms with Gasteiger partial charge in [0.25, 0.3) is 5.91 Å². The van der Waals surface area contributed by atoms with Gasteiger partial charge in [0.15, 0.2) is 0 Å². The number of nitrogens with one attached hydrogen (secondary N) is 1. The Bertz CT molecular complexity index is 964. The number of pyridine rings is 1. The Balaban J connectivity index is 1.63. The molecule has 1 N–H and O–H groups in total. The van der Waals surface area contributed by atoms with E-state index in [1.54, 1.807) is 37.1 Å². The van der Waals surface area contributed by atoms with Crippen LogP contribution in [-0.2, 0) is 5.75 Å². The summed E-state index contributed by atoms with van der Waals surface area (Å²) in [7, 11) is 1.65. The molecule has 0 unspecified atom stereocenters. The molecule has 0 atom stereocenters. The zero-order chi connectivity index (χ0) is 19.1. The van der Waals surface area contributed by atoms with Crippen LogP contribution in [0.4, 0.5) is 5.82 Å². The second kappa shape index (κ2) is 8.88. The Kier molecular flexibility index (Phi) is 6.08. The van der Waals surface area contributed by atoms with Crippen LogP contribution in [0.2, 0.25) is 0 Å². The molecule has 0 aliphatic heterocycles. The molecular weight excluding hydrogens is 358 g/mol. The quantitative estimate of drug-likeness (QED) is 0.642. The molecule has 3 rings (SSSR count). The molecule has 0 aliphatic rings. The fraction of sp³-hybridized carbons (Fsp3) is 0.0952. The molecule has 27 heavy (non-hydrogen) atoms. The normalized spacial score (nSPS) is 10.1. The van der Waals surface area contributed by atoms with E-state index < -0.39 is 0 Å². The first-order valence-electron chi connectivity index (χ1n) is 8.21. The van der Waals surface area contributed by atoms with Gasteiger partial charge in [-0.05, 0) is 48.0 Å². The van der Waals surface area contributed by atoms with Crippen molar-refractivity contribution in [2.45, 2.75) is 10.6 Å². The lowest BCUT2D eigenvalue weighted by Gasteiger charge is -2.07. The van der Waals surface area contributed by atoms with Crippen LogP contribution in [0, 0.1) is 11.3 Å². The Morgan fingerprint density at radius 3 is 2.67 bits per heavy atom. The van der Waals surface area contributed by atoms with E-state index in [1.165, 1.54) is 11.8 Å². The minimum atomic E-state index is -0.237. The first kappa shape index (κ1) is 18.5. The van der Waals surface area contributed by atoms with Crippen LogP contribution >= 0.6 is 11.8 Å². The van der Waals surface area contributed by atoms with Crippen molar-refractivity contribution in [2.75, 3.05) is 12.4 Å².